The van der Waals surface area contributed by atoms with E-state index in [0.29, 0.717) is 18.1 Å². The first-order chi connectivity index (χ1) is 8.15. The van der Waals surface area contributed by atoms with E-state index >= 15 is 0 Å². The Bertz CT molecular complexity index is 532. The molecule has 0 saturated heterocycles. The molecule has 0 aliphatic heterocycles. The second-order valence-corrected chi connectivity index (χ2v) is 3.92. The molecule has 0 spiro atoms. The number of hydrogen-bond donors (Lipinski definition) is 1. The number of carbonyl (C=O) groups is 1. The summed E-state index contributed by atoms with van der Waals surface area (Å²) in [6, 6.07) is 8.00. The van der Waals surface area contributed by atoms with Gasteiger partial charge in [-0.15, -0.1) is 0 Å². The number of aromatic nitrogens is 1. The van der Waals surface area contributed by atoms with Crippen molar-refractivity contribution < 1.29 is 9.21 Å². The highest BCUT2D eigenvalue weighted by Gasteiger charge is 2.09. The van der Waals surface area contributed by atoms with Crippen molar-refractivity contribution in [1.29, 1.82) is 0 Å². The van der Waals surface area contributed by atoms with Crippen molar-refractivity contribution in [2.24, 2.45) is 0 Å². The Balaban J connectivity index is 1.97. The summed E-state index contributed by atoms with van der Waals surface area (Å²) in [5.74, 6) is 0.272. The average Bonchev–Trinajstić information content (AvgIpc) is 2.73. The predicted octanol–water partition coefficient (Wildman–Crippen LogP) is 2.22. The van der Waals surface area contributed by atoms with Crippen LogP contribution in [0.25, 0.3) is 0 Å². The van der Waals surface area contributed by atoms with Gasteiger partial charge in [0, 0.05) is 13.5 Å². The number of nitrogens with one attached hydrogen (secondary N) is 1. The van der Waals surface area contributed by atoms with Crippen LogP contribution in [-0.4, -0.2) is 10.9 Å². The maximum Gasteiger partial charge on any atom is 0.273 e. The number of carbonyl (C=O) groups excluding carboxylic acids is 1. The van der Waals surface area contributed by atoms with E-state index in [1.54, 1.807) is 6.92 Å². The molecule has 0 aliphatic carbocycles. The summed E-state index contributed by atoms with van der Waals surface area (Å²) in [6.45, 7) is 4.22. The molecule has 2 rings (SSSR count). The van der Waals surface area contributed by atoms with Gasteiger partial charge in [0.15, 0.2) is 11.6 Å². The zero-order valence-corrected chi connectivity index (χ0v) is 9.86. The third-order valence-electron chi connectivity index (χ3n) is 2.39. The molecule has 17 heavy (non-hydrogen) atoms. The van der Waals surface area contributed by atoms with Crippen molar-refractivity contribution in [2.45, 2.75) is 20.4 Å². The van der Waals surface area contributed by atoms with Crippen LogP contribution >= 0.6 is 0 Å². The highest BCUT2D eigenvalue weighted by atomic mass is 16.3. The topological polar surface area (TPSA) is 55.1 Å². The van der Waals surface area contributed by atoms with Gasteiger partial charge in [-0.2, -0.15) is 0 Å². The predicted molar refractivity (Wildman–Crippen MR) is 63.6 cm³/mol. The van der Waals surface area contributed by atoms with E-state index in [1.165, 1.54) is 11.8 Å². The molecular weight excluding hydrogens is 216 g/mol. The average molecular weight is 230 g/mol. The SMILES string of the molecule is Cc1cccc(CNC(=O)c2coc(C)n2)c1. The van der Waals surface area contributed by atoms with Gasteiger partial charge in [-0.05, 0) is 12.5 Å². The first-order valence-electron chi connectivity index (χ1n) is 5.41. The highest BCUT2D eigenvalue weighted by molar-refractivity contribution is 5.91. The van der Waals surface area contributed by atoms with Crippen LogP contribution < -0.4 is 5.32 Å². The van der Waals surface area contributed by atoms with Crippen LogP contribution in [0.5, 0.6) is 0 Å². The minimum atomic E-state index is -0.219. The van der Waals surface area contributed by atoms with Crippen molar-refractivity contribution in [1.82, 2.24) is 10.3 Å². The quantitative estimate of drug-likeness (QED) is 0.879. The van der Waals surface area contributed by atoms with Crippen LogP contribution in [0.15, 0.2) is 34.9 Å². The van der Waals surface area contributed by atoms with Gasteiger partial charge in [-0.1, -0.05) is 29.8 Å². The summed E-state index contributed by atoms with van der Waals surface area (Å²) in [6.07, 6.45) is 1.36. The van der Waals surface area contributed by atoms with E-state index in [1.807, 2.05) is 31.2 Å². The fourth-order valence-electron chi connectivity index (χ4n) is 1.56. The zero-order chi connectivity index (χ0) is 12.3. The van der Waals surface area contributed by atoms with E-state index < -0.39 is 0 Å². The summed E-state index contributed by atoms with van der Waals surface area (Å²) in [7, 11) is 0. The number of hydrogen-bond acceptors (Lipinski definition) is 3. The van der Waals surface area contributed by atoms with Crippen molar-refractivity contribution in [2.75, 3.05) is 0 Å². The van der Waals surface area contributed by atoms with Crippen molar-refractivity contribution in [3.05, 3.63) is 53.2 Å². The molecule has 1 heterocycles. The molecule has 0 atom stereocenters. The summed E-state index contributed by atoms with van der Waals surface area (Å²) in [4.78, 5) is 15.6. The molecule has 0 radical (unpaired) electrons. The number of benzene rings is 1. The minimum Gasteiger partial charge on any atom is -0.448 e. The summed E-state index contributed by atoms with van der Waals surface area (Å²) in [5.41, 5.74) is 2.56. The first-order valence-corrected chi connectivity index (χ1v) is 5.41. The molecule has 0 unspecified atom stereocenters. The van der Waals surface area contributed by atoms with Crippen LogP contribution in [0.1, 0.15) is 27.5 Å². The Kier molecular flexibility index (Phi) is 3.23. The molecule has 4 nitrogen and oxygen atoms in total. The Labute approximate surface area is 99.7 Å². The number of nitrogens with zero attached hydrogens (tertiary/aromatic N) is 1. The van der Waals surface area contributed by atoms with E-state index in [2.05, 4.69) is 10.3 Å². The van der Waals surface area contributed by atoms with Crippen LogP contribution in [0.2, 0.25) is 0 Å². The zero-order valence-electron chi connectivity index (χ0n) is 9.86. The fourth-order valence-corrected chi connectivity index (χ4v) is 1.56. The first kappa shape index (κ1) is 11.4. The van der Waals surface area contributed by atoms with E-state index in [-0.39, 0.29) is 5.91 Å². The summed E-state index contributed by atoms with van der Waals surface area (Å²) in [5, 5.41) is 2.79. The lowest BCUT2D eigenvalue weighted by molar-refractivity contribution is 0.0946. The minimum absolute atomic E-state index is 0.219. The molecule has 1 N–H and O–H groups in total. The molecule has 1 amide bonds. The lowest BCUT2D eigenvalue weighted by Gasteiger charge is -2.03. The number of oxazole rings is 1. The van der Waals surface area contributed by atoms with Gasteiger partial charge >= 0.3 is 0 Å². The van der Waals surface area contributed by atoms with Crippen molar-refractivity contribution in [3.8, 4) is 0 Å². The molecule has 88 valence electrons. The summed E-state index contributed by atoms with van der Waals surface area (Å²) >= 11 is 0. The van der Waals surface area contributed by atoms with E-state index in [0.717, 1.165) is 5.56 Å². The van der Waals surface area contributed by atoms with Gasteiger partial charge < -0.3 is 9.73 Å². The van der Waals surface area contributed by atoms with E-state index in [4.69, 9.17) is 4.42 Å². The van der Waals surface area contributed by atoms with Gasteiger partial charge in [0.25, 0.3) is 5.91 Å². The number of rotatable bonds is 3. The molecule has 0 saturated carbocycles. The Hall–Kier alpha value is -2.10. The smallest absolute Gasteiger partial charge is 0.273 e. The van der Waals surface area contributed by atoms with Gasteiger partial charge in [-0.3, -0.25) is 4.79 Å². The molecule has 2 aromatic rings. The molecular formula is C13H14N2O2. The van der Waals surface area contributed by atoms with Crippen LogP contribution in [0.3, 0.4) is 0 Å². The molecule has 1 aromatic carbocycles. The maximum absolute atomic E-state index is 11.7. The normalized spacial score (nSPS) is 10.2. The Morgan fingerprint density at radius 2 is 2.24 bits per heavy atom. The van der Waals surface area contributed by atoms with Crippen molar-refractivity contribution >= 4 is 5.91 Å². The van der Waals surface area contributed by atoms with Gasteiger partial charge in [-0.25, -0.2) is 4.98 Å². The fraction of sp³-hybridized carbons (Fsp3) is 0.231. The molecule has 1 aromatic heterocycles. The molecule has 0 aliphatic rings. The monoisotopic (exact) mass is 230 g/mol. The second kappa shape index (κ2) is 4.82. The van der Waals surface area contributed by atoms with E-state index in [9.17, 15) is 4.79 Å². The number of amides is 1. The van der Waals surface area contributed by atoms with Crippen LogP contribution in [0, 0.1) is 13.8 Å². The van der Waals surface area contributed by atoms with Gasteiger partial charge in [0.1, 0.15) is 6.26 Å². The lowest BCUT2D eigenvalue weighted by Crippen LogP contribution is -2.23. The Morgan fingerprint density at radius 3 is 2.88 bits per heavy atom. The standard InChI is InChI=1S/C13H14N2O2/c1-9-4-3-5-11(6-9)7-14-13(16)12-8-17-10(2)15-12/h3-6,8H,7H2,1-2H3,(H,14,16). The van der Waals surface area contributed by atoms with Crippen LogP contribution in [0.4, 0.5) is 0 Å². The molecule has 0 fully saturated rings. The lowest BCUT2D eigenvalue weighted by atomic mass is 10.1. The number of aryl methyl sites for hydroxylation is 2. The van der Waals surface area contributed by atoms with Crippen LogP contribution in [-0.2, 0) is 6.54 Å². The third-order valence-corrected chi connectivity index (χ3v) is 2.39. The second-order valence-electron chi connectivity index (χ2n) is 3.92. The highest BCUT2D eigenvalue weighted by Crippen LogP contribution is 2.04. The Morgan fingerprint density at radius 1 is 1.41 bits per heavy atom. The van der Waals surface area contributed by atoms with Gasteiger partial charge in [0.2, 0.25) is 0 Å². The van der Waals surface area contributed by atoms with Crippen molar-refractivity contribution in [3.63, 3.8) is 0 Å². The third kappa shape index (κ3) is 2.93. The molecule has 0 bridgehead atoms. The maximum atomic E-state index is 11.7. The largest absolute Gasteiger partial charge is 0.448 e. The summed E-state index contributed by atoms with van der Waals surface area (Å²) < 4.78 is 4.98. The molecule has 4 heteroatoms. The van der Waals surface area contributed by atoms with Gasteiger partial charge in [0.05, 0.1) is 0 Å².